The summed E-state index contributed by atoms with van der Waals surface area (Å²) in [5.41, 5.74) is 4.13. The highest BCUT2D eigenvalue weighted by Crippen LogP contribution is 2.27. The zero-order valence-corrected chi connectivity index (χ0v) is 12.5. The second kappa shape index (κ2) is 5.25. The number of rotatable bonds is 2. The van der Waals surface area contributed by atoms with Gasteiger partial charge in [0.25, 0.3) is 5.91 Å². The normalized spacial score (nSPS) is 14.0. The maximum Gasteiger partial charge on any atom is 0.259 e. The third-order valence-electron chi connectivity index (χ3n) is 3.72. The van der Waals surface area contributed by atoms with Crippen LogP contribution in [0.1, 0.15) is 27.2 Å². The molecule has 3 rings (SSSR count). The summed E-state index contributed by atoms with van der Waals surface area (Å²) in [5, 5.41) is 3.92. The minimum atomic E-state index is 0.0788. The fourth-order valence-electron chi connectivity index (χ4n) is 2.62. The lowest BCUT2D eigenvalue weighted by atomic mass is 9.99. The maximum atomic E-state index is 12.7. The predicted molar refractivity (Wildman–Crippen MR) is 81.3 cm³/mol. The van der Waals surface area contributed by atoms with Gasteiger partial charge in [-0.25, -0.2) is 0 Å². The molecule has 0 unspecified atom stereocenters. The van der Waals surface area contributed by atoms with Crippen LogP contribution in [0, 0.1) is 6.92 Å². The molecule has 4 nitrogen and oxygen atoms in total. The first kappa shape index (κ1) is 13.1. The molecule has 1 N–H and O–H groups in total. The Balaban J connectivity index is 1.88. The summed E-state index contributed by atoms with van der Waals surface area (Å²) in [6.07, 6.45) is 0.924. The highest BCUT2D eigenvalue weighted by molar-refractivity contribution is 7.10. The number of nitrogens with one attached hydrogen (secondary N) is 1. The van der Waals surface area contributed by atoms with E-state index in [1.807, 2.05) is 24.9 Å². The van der Waals surface area contributed by atoms with Crippen LogP contribution in [0.5, 0.6) is 0 Å². The van der Waals surface area contributed by atoms with Crippen LogP contribution < -0.4 is 5.32 Å². The molecule has 2 aromatic rings. The highest BCUT2D eigenvalue weighted by atomic mass is 32.1. The number of anilines is 1. The number of nitrogens with zero attached hydrogens (tertiary/aromatic N) is 2. The average molecular weight is 287 g/mol. The highest BCUT2D eigenvalue weighted by Gasteiger charge is 2.26. The van der Waals surface area contributed by atoms with Crippen molar-refractivity contribution >= 4 is 22.4 Å². The number of carbonyl (C=O) groups is 1. The Morgan fingerprint density at radius 2 is 2.10 bits per heavy atom. The zero-order valence-electron chi connectivity index (χ0n) is 11.6. The monoisotopic (exact) mass is 287 g/mol. The SMILES string of the molecule is CNc1snc(C)c1C(=O)N1CCc2ccccc2C1. The van der Waals surface area contributed by atoms with Crippen LogP contribution in [-0.4, -0.2) is 28.8 Å². The minimum absolute atomic E-state index is 0.0788. The van der Waals surface area contributed by atoms with Crippen molar-refractivity contribution < 1.29 is 4.79 Å². The van der Waals surface area contributed by atoms with Gasteiger partial charge in [0.2, 0.25) is 0 Å². The molecule has 0 spiro atoms. The fourth-order valence-corrected chi connectivity index (χ4v) is 3.36. The molecule has 1 aliphatic rings. The van der Waals surface area contributed by atoms with Crippen LogP contribution in [-0.2, 0) is 13.0 Å². The van der Waals surface area contributed by atoms with Gasteiger partial charge in [-0.3, -0.25) is 4.79 Å². The summed E-state index contributed by atoms with van der Waals surface area (Å²) in [6.45, 7) is 3.35. The molecule has 0 bridgehead atoms. The number of carbonyl (C=O) groups excluding carboxylic acids is 1. The Bertz CT molecular complexity index is 650. The van der Waals surface area contributed by atoms with E-state index in [1.165, 1.54) is 22.7 Å². The molecule has 1 amide bonds. The van der Waals surface area contributed by atoms with Gasteiger partial charge < -0.3 is 10.2 Å². The first-order valence-electron chi connectivity index (χ1n) is 6.70. The van der Waals surface area contributed by atoms with Crippen molar-refractivity contribution in [3.05, 3.63) is 46.6 Å². The molecule has 2 heterocycles. The lowest BCUT2D eigenvalue weighted by molar-refractivity contribution is 0.0735. The van der Waals surface area contributed by atoms with Crippen LogP contribution in [0.3, 0.4) is 0 Å². The van der Waals surface area contributed by atoms with Crippen LogP contribution in [0.15, 0.2) is 24.3 Å². The molecule has 0 fully saturated rings. The summed E-state index contributed by atoms with van der Waals surface area (Å²) >= 11 is 1.35. The molecule has 0 saturated heterocycles. The summed E-state index contributed by atoms with van der Waals surface area (Å²) in [4.78, 5) is 14.6. The smallest absolute Gasteiger partial charge is 0.259 e. The summed E-state index contributed by atoms with van der Waals surface area (Å²) in [6, 6.07) is 8.34. The van der Waals surface area contributed by atoms with Gasteiger partial charge in [-0.15, -0.1) is 0 Å². The number of amides is 1. The van der Waals surface area contributed by atoms with Crippen molar-refractivity contribution in [2.75, 3.05) is 18.9 Å². The van der Waals surface area contributed by atoms with E-state index in [4.69, 9.17) is 0 Å². The number of aryl methyl sites for hydroxylation is 1. The third-order valence-corrected chi connectivity index (χ3v) is 4.68. The van der Waals surface area contributed by atoms with Crippen LogP contribution in [0.25, 0.3) is 0 Å². The topological polar surface area (TPSA) is 45.2 Å². The molecule has 0 radical (unpaired) electrons. The Kier molecular flexibility index (Phi) is 3.44. The molecule has 0 aliphatic carbocycles. The van der Waals surface area contributed by atoms with E-state index in [1.54, 1.807) is 0 Å². The van der Waals surface area contributed by atoms with Gasteiger partial charge in [-0.05, 0) is 36.0 Å². The number of benzene rings is 1. The Labute approximate surface area is 122 Å². The average Bonchev–Trinajstić information content (AvgIpc) is 2.87. The first-order chi connectivity index (χ1) is 9.70. The molecule has 5 heteroatoms. The van der Waals surface area contributed by atoms with Gasteiger partial charge in [0.1, 0.15) is 5.00 Å². The van der Waals surface area contributed by atoms with Gasteiger partial charge in [0.05, 0.1) is 11.3 Å². The fraction of sp³-hybridized carbons (Fsp3) is 0.333. The van der Waals surface area contributed by atoms with Crippen LogP contribution in [0.4, 0.5) is 5.00 Å². The summed E-state index contributed by atoms with van der Waals surface area (Å²) in [7, 11) is 1.83. The first-order valence-corrected chi connectivity index (χ1v) is 7.48. The quantitative estimate of drug-likeness (QED) is 0.923. The standard InChI is InChI=1S/C15H17N3OS/c1-10-13(14(16-2)20-17-10)15(19)18-8-7-11-5-3-4-6-12(11)9-18/h3-6,16H,7-9H2,1-2H3. The van der Waals surface area contributed by atoms with E-state index in [-0.39, 0.29) is 5.91 Å². The number of fused-ring (bicyclic) bond motifs is 1. The minimum Gasteiger partial charge on any atom is -0.378 e. The summed E-state index contributed by atoms with van der Waals surface area (Å²) in [5.74, 6) is 0.0788. The van der Waals surface area contributed by atoms with Gasteiger partial charge in [0, 0.05) is 20.1 Å². The van der Waals surface area contributed by atoms with Crippen LogP contribution in [0.2, 0.25) is 0 Å². The third kappa shape index (κ3) is 2.18. The number of hydrogen-bond donors (Lipinski definition) is 1. The molecule has 1 aliphatic heterocycles. The molecule has 1 aromatic heterocycles. The van der Waals surface area contributed by atoms with E-state index in [0.717, 1.165) is 29.2 Å². The van der Waals surface area contributed by atoms with Crippen molar-refractivity contribution in [1.29, 1.82) is 0 Å². The van der Waals surface area contributed by atoms with E-state index in [2.05, 4.69) is 27.9 Å². The van der Waals surface area contributed by atoms with E-state index in [9.17, 15) is 4.79 Å². The van der Waals surface area contributed by atoms with Crippen molar-refractivity contribution in [3.63, 3.8) is 0 Å². The Morgan fingerprint density at radius 3 is 2.85 bits per heavy atom. The Morgan fingerprint density at radius 1 is 1.35 bits per heavy atom. The van der Waals surface area contributed by atoms with Gasteiger partial charge in [-0.1, -0.05) is 24.3 Å². The molecular formula is C15H17N3OS. The van der Waals surface area contributed by atoms with Gasteiger partial charge in [-0.2, -0.15) is 4.37 Å². The second-order valence-electron chi connectivity index (χ2n) is 4.97. The number of aromatic nitrogens is 1. The predicted octanol–water partition coefficient (Wildman–Crippen LogP) is 2.69. The van der Waals surface area contributed by atoms with Crippen molar-refractivity contribution in [2.45, 2.75) is 19.9 Å². The molecular weight excluding hydrogens is 270 g/mol. The number of hydrogen-bond acceptors (Lipinski definition) is 4. The van der Waals surface area contributed by atoms with Gasteiger partial charge >= 0.3 is 0 Å². The van der Waals surface area contributed by atoms with E-state index >= 15 is 0 Å². The maximum absolute atomic E-state index is 12.7. The largest absolute Gasteiger partial charge is 0.378 e. The van der Waals surface area contributed by atoms with E-state index < -0.39 is 0 Å². The Hall–Kier alpha value is -1.88. The van der Waals surface area contributed by atoms with Crippen molar-refractivity contribution in [2.24, 2.45) is 0 Å². The second-order valence-corrected chi connectivity index (χ2v) is 5.74. The molecule has 0 atom stereocenters. The lowest BCUT2D eigenvalue weighted by Crippen LogP contribution is -2.36. The van der Waals surface area contributed by atoms with Crippen molar-refractivity contribution in [1.82, 2.24) is 9.27 Å². The van der Waals surface area contributed by atoms with Crippen molar-refractivity contribution in [3.8, 4) is 0 Å². The van der Waals surface area contributed by atoms with E-state index in [0.29, 0.717) is 6.54 Å². The molecule has 0 saturated carbocycles. The summed E-state index contributed by atoms with van der Waals surface area (Å²) < 4.78 is 4.28. The molecule has 20 heavy (non-hydrogen) atoms. The van der Waals surface area contributed by atoms with Crippen LogP contribution >= 0.6 is 11.5 Å². The molecule has 1 aromatic carbocycles. The van der Waals surface area contributed by atoms with Gasteiger partial charge in [0.15, 0.2) is 0 Å². The lowest BCUT2D eigenvalue weighted by Gasteiger charge is -2.29. The zero-order chi connectivity index (χ0) is 14.1. The molecule has 104 valence electrons.